The number of nitrogens with zero attached hydrogens (tertiary/aromatic N) is 2. The van der Waals surface area contributed by atoms with E-state index in [0.717, 1.165) is 29.3 Å². The van der Waals surface area contributed by atoms with E-state index in [9.17, 15) is 9.59 Å². The number of aromatic nitrogens is 2. The first-order chi connectivity index (χ1) is 15.0. The summed E-state index contributed by atoms with van der Waals surface area (Å²) in [7, 11) is 1.56. The van der Waals surface area contributed by atoms with Crippen LogP contribution in [0.4, 0.5) is 0 Å². The van der Waals surface area contributed by atoms with E-state index in [4.69, 9.17) is 4.74 Å². The van der Waals surface area contributed by atoms with Gasteiger partial charge in [0.25, 0.3) is 11.8 Å². The summed E-state index contributed by atoms with van der Waals surface area (Å²) in [5, 5.41) is 5.66. The van der Waals surface area contributed by atoms with Gasteiger partial charge in [-0.05, 0) is 70.6 Å². The van der Waals surface area contributed by atoms with Crippen LogP contribution in [0.2, 0.25) is 0 Å². The first kappa shape index (κ1) is 21.0. The zero-order valence-electron chi connectivity index (χ0n) is 16.9. The molecule has 2 amide bonds. The molecular formula is C23H21BrN4O3. The molecule has 0 spiro atoms. The fraction of sp³-hybridized carbons (Fsp3) is 0.217. The zero-order valence-corrected chi connectivity index (χ0v) is 18.5. The molecule has 0 radical (unpaired) electrons. The van der Waals surface area contributed by atoms with Crippen molar-refractivity contribution in [2.45, 2.75) is 25.3 Å². The molecule has 158 valence electrons. The van der Waals surface area contributed by atoms with Gasteiger partial charge in [-0.3, -0.25) is 19.6 Å². The molecule has 2 heterocycles. The molecule has 3 aromatic rings. The number of benzene rings is 1. The zero-order chi connectivity index (χ0) is 21.8. The van der Waals surface area contributed by atoms with E-state index in [1.54, 1.807) is 43.8 Å². The molecule has 2 N–H and O–H groups in total. The number of carbonyl (C=O) groups is 2. The molecule has 1 atom stereocenters. The van der Waals surface area contributed by atoms with E-state index in [0.29, 0.717) is 22.8 Å². The van der Waals surface area contributed by atoms with E-state index in [1.165, 1.54) is 5.56 Å². The molecule has 7 nitrogen and oxygen atoms in total. The predicted molar refractivity (Wildman–Crippen MR) is 119 cm³/mol. The topological polar surface area (TPSA) is 93.2 Å². The lowest BCUT2D eigenvalue weighted by molar-refractivity contribution is 0.0930. The Labute approximate surface area is 188 Å². The third kappa shape index (κ3) is 5.08. The molecule has 31 heavy (non-hydrogen) atoms. The lowest BCUT2D eigenvalue weighted by atomic mass is 9.88. The van der Waals surface area contributed by atoms with Gasteiger partial charge < -0.3 is 15.4 Å². The van der Waals surface area contributed by atoms with Gasteiger partial charge >= 0.3 is 0 Å². The highest BCUT2D eigenvalue weighted by Crippen LogP contribution is 2.29. The predicted octanol–water partition coefficient (Wildman–Crippen LogP) is 3.68. The van der Waals surface area contributed by atoms with Crippen LogP contribution in [0.3, 0.4) is 0 Å². The average Bonchev–Trinajstić information content (AvgIpc) is 2.78. The van der Waals surface area contributed by atoms with Crippen molar-refractivity contribution in [1.82, 2.24) is 20.6 Å². The van der Waals surface area contributed by atoms with Crippen LogP contribution in [-0.4, -0.2) is 34.9 Å². The fourth-order valence-corrected chi connectivity index (χ4v) is 3.95. The summed E-state index contributed by atoms with van der Waals surface area (Å²) in [4.78, 5) is 32.5. The Hall–Kier alpha value is -3.26. The van der Waals surface area contributed by atoms with Crippen LogP contribution in [-0.2, 0) is 12.8 Å². The molecule has 1 aliphatic rings. The number of fused-ring (bicyclic) bond motifs is 1. The van der Waals surface area contributed by atoms with Gasteiger partial charge in [0.2, 0.25) is 0 Å². The maximum Gasteiger partial charge on any atom is 0.269 e. The maximum atomic E-state index is 12.6. The van der Waals surface area contributed by atoms with Crippen molar-refractivity contribution in [2.75, 3.05) is 7.05 Å². The van der Waals surface area contributed by atoms with Gasteiger partial charge in [0, 0.05) is 42.2 Å². The summed E-state index contributed by atoms with van der Waals surface area (Å²) in [5.74, 6) is 0.815. The van der Waals surface area contributed by atoms with Gasteiger partial charge in [-0.1, -0.05) is 6.07 Å². The maximum absolute atomic E-state index is 12.6. The highest BCUT2D eigenvalue weighted by Gasteiger charge is 2.21. The first-order valence-electron chi connectivity index (χ1n) is 9.91. The van der Waals surface area contributed by atoms with E-state index in [-0.39, 0.29) is 17.9 Å². The number of nitrogens with one attached hydrogen (secondary N) is 2. The van der Waals surface area contributed by atoms with Crippen LogP contribution in [0.5, 0.6) is 11.5 Å². The Morgan fingerprint density at radius 3 is 2.71 bits per heavy atom. The quantitative estimate of drug-likeness (QED) is 0.580. The minimum atomic E-state index is -0.268. The van der Waals surface area contributed by atoms with Crippen LogP contribution in [0.25, 0.3) is 0 Å². The largest absolute Gasteiger partial charge is 0.457 e. The van der Waals surface area contributed by atoms with Gasteiger partial charge in [-0.25, -0.2) is 0 Å². The number of carbonyl (C=O) groups excluding carboxylic acids is 2. The number of hydrogen-bond acceptors (Lipinski definition) is 5. The number of aryl methyl sites for hydroxylation is 1. The van der Waals surface area contributed by atoms with Crippen molar-refractivity contribution in [3.8, 4) is 11.5 Å². The summed E-state index contributed by atoms with van der Waals surface area (Å²) >= 11 is 3.35. The van der Waals surface area contributed by atoms with Crippen molar-refractivity contribution in [2.24, 2.45) is 0 Å². The van der Waals surface area contributed by atoms with Crippen LogP contribution >= 0.6 is 15.9 Å². The lowest BCUT2D eigenvalue weighted by Crippen LogP contribution is -2.38. The third-order valence-corrected chi connectivity index (χ3v) is 5.57. The van der Waals surface area contributed by atoms with Crippen molar-refractivity contribution < 1.29 is 14.3 Å². The summed E-state index contributed by atoms with van der Waals surface area (Å²) in [6.45, 7) is 0. The van der Waals surface area contributed by atoms with Crippen molar-refractivity contribution in [3.63, 3.8) is 0 Å². The highest BCUT2D eigenvalue weighted by molar-refractivity contribution is 9.10. The number of pyridine rings is 2. The number of halogens is 1. The van der Waals surface area contributed by atoms with Crippen molar-refractivity contribution in [3.05, 3.63) is 81.8 Å². The SMILES string of the molecule is CNC(=O)c1cc(Oc2ccc3c(c2)CC(NC(=O)c2cncc(Br)c2)CC3)ccn1. The monoisotopic (exact) mass is 480 g/mol. The smallest absolute Gasteiger partial charge is 0.269 e. The van der Waals surface area contributed by atoms with Gasteiger partial charge in [-0.2, -0.15) is 0 Å². The Bertz CT molecular complexity index is 1140. The molecule has 2 aromatic heterocycles. The van der Waals surface area contributed by atoms with E-state index < -0.39 is 0 Å². The van der Waals surface area contributed by atoms with Gasteiger partial charge in [0.05, 0.1) is 5.56 Å². The van der Waals surface area contributed by atoms with Gasteiger partial charge in [0.15, 0.2) is 0 Å². The number of rotatable bonds is 5. The average molecular weight is 481 g/mol. The van der Waals surface area contributed by atoms with E-state index in [2.05, 4.69) is 42.6 Å². The Kier molecular flexibility index (Phi) is 6.27. The minimum Gasteiger partial charge on any atom is -0.457 e. The molecule has 0 fully saturated rings. The molecule has 4 rings (SSSR count). The first-order valence-corrected chi connectivity index (χ1v) is 10.7. The van der Waals surface area contributed by atoms with Crippen molar-refractivity contribution in [1.29, 1.82) is 0 Å². The summed E-state index contributed by atoms with van der Waals surface area (Å²) in [6, 6.07) is 11.1. The molecule has 0 bridgehead atoms. The molecule has 8 heteroatoms. The van der Waals surface area contributed by atoms with Crippen LogP contribution in [0.15, 0.2) is 59.5 Å². The van der Waals surface area contributed by atoms with Crippen LogP contribution in [0.1, 0.15) is 38.4 Å². The van der Waals surface area contributed by atoms with Crippen LogP contribution in [0, 0.1) is 0 Å². The second-order valence-electron chi connectivity index (χ2n) is 7.29. The molecule has 1 aromatic carbocycles. The van der Waals surface area contributed by atoms with Gasteiger partial charge in [-0.15, -0.1) is 0 Å². The second-order valence-corrected chi connectivity index (χ2v) is 8.21. The Morgan fingerprint density at radius 1 is 1.06 bits per heavy atom. The summed E-state index contributed by atoms with van der Waals surface area (Å²) in [5.41, 5.74) is 3.22. The number of hydrogen-bond donors (Lipinski definition) is 2. The second kappa shape index (κ2) is 9.26. The van der Waals surface area contributed by atoms with Crippen LogP contribution < -0.4 is 15.4 Å². The molecule has 1 unspecified atom stereocenters. The molecular weight excluding hydrogens is 460 g/mol. The number of amides is 2. The fourth-order valence-electron chi connectivity index (χ4n) is 3.59. The normalized spacial score (nSPS) is 15.0. The Morgan fingerprint density at radius 2 is 1.90 bits per heavy atom. The minimum absolute atomic E-state index is 0.0370. The third-order valence-electron chi connectivity index (χ3n) is 5.14. The lowest BCUT2D eigenvalue weighted by Gasteiger charge is -2.26. The summed E-state index contributed by atoms with van der Waals surface area (Å²) in [6.07, 6.45) is 7.23. The molecule has 0 aliphatic heterocycles. The number of ether oxygens (including phenoxy) is 1. The Balaban J connectivity index is 1.45. The summed E-state index contributed by atoms with van der Waals surface area (Å²) < 4.78 is 6.73. The van der Waals surface area contributed by atoms with E-state index >= 15 is 0 Å². The van der Waals surface area contributed by atoms with Crippen molar-refractivity contribution >= 4 is 27.7 Å². The van der Waals surface area contributed by atoms with Gasteiger partial charge in [0.1, 0.15) is 17.2 Å². The highest BCUT2D eigenvalue weighted by atomic mass is 79.9. The molecule has 0 saturated carbocycles. The standard InChI is InChI=1S/C23H21BrN4O3/c1-25-23(30)21-11-20(6-7-27-21)31-19-5-3-14-2-4-18(9-15(14)10-19)28-22(29)16-8-17(24)13-26-12-16/h3,5-8,10-13,18H,2,4,9H2,1H3,(H,25,30)(H,28,29). The van der Waals surface area contributed by atoms with E-state index in [1.807, 2.05) is 12.1 Å². The molecule has 0 saturated heterocycles. The molecule has 1 aliphatic carbocycles.